The highest BCUT2D eigenvalue weighted by Gasteiger charge is 2.46. The van der Waals surface area contributed by atoms with Gasteiger partial charge >= 0.3 is 0 Å². The first-order valence-electron chi connectivity index (χ1n) is 12.2. The Morgan fingerprint density at radius 2 is 1.39 bits per heavy atom. The van der Waals surface area contributed by atoms with Crippen molar-refractivity contribution in [2.45, 2.75) is 26.2 Å². The number of ketones is 2. The second kappa shape index (κ2) is 8.14. The van der Waals surface area contributed by atoms with Crippen molar-refractivity contribution in [3.05, 3.63) is 76.4 Å². The smallest absolute Gasteiger partial charge is 0.190 e. The van der Waals surface area contributed by atoms with Gasteiger partial charge in [0.25, 0.3) is 0 Å². The van der Waals surface area contributed by atoms with Crippen LogP contribution in [0.4, 0.5) is 0 Å². The molecular weight excluding hydrogens is 488 g/mol. The van der Waals surface area contributed by atoms with Gasteiger partial charge in [-0.3, -0.25) is 9.59 Å². The summed E-state index contributed by atoms with van der Waals surface area (Å²) in [4.78, 5) is 27.1. The molecule has 0 spiro atoms. The van der Waals surface area contributed by atoms with Gasteiger partial charge in [-0.1, -0.05) is 26.0 Å². The summed E-state index contributed by atoms with van der Waals surface area (Å²) in [5.41, 5.74) is 1.26. The first kappa shape index (κ1) is 23.7. The summed E-state index contributed by atoms with van der Waals surface area (Å²) in [5.74, 6) is -3.70. The molecule has 0 fully saturated rings. The lowest BCUT2D eigenvalue weighted by atomic mass is 9.62. The molecule has 0 saturated heterocycles. The van der Waals surface area contributed by atoms with Crippen molar-refractivity contribution in [1.82, 2.24) is 0 Å². The van der Waals surface area contributed by atoms with Crippen molar-refractivity contribution in [1.29, 1.82) is 0 Å². The van der Waals surface area contributed by atoms with Gasteiger partial charge in [-0.05, 0) is 47.6 Å². The lowest BCUT2D eigenvalue weighted by Gasteiger charge is -2.41. The zero-order chi connectivity index (χ0) is 27.0. The number of aromatic hydroxyl groups is 4. The molecule has 0 radical (unpaired) electrons. The minimum Gasteiger partial charge on any atom is -0.507 e. The number of carbonyl (C=O) groups is 2. The number of hydrogen-bond acceptors (Lipinski definition) is 8. The third-order valence-corrected chi connectivity index (χ3v) is 7.84. The van der Waals surface area contributed by atoms with Gasteiger partial charge in [0.1, 0.15) is 45.8 Å². The summed E-state index contributed by atoms with van der Waals surface area (Å²) in [6.45, 7) is 3.72. The number of rotatable bonds is 1. The molecule has 8 heteroatoms. The van der Waals surface area contributed by atoms with E-state index in [1.165, 1.54) is 42.5 Å². The molecule has 8 nitrogen and oxygen atoms in total. The van der Waals surface area contributed by atoms with E-state index >= 15 is 0 Å². The third kappa shape index (κ3) is 3.16. The van der Waals surface area contributed by atoms with Gasteiger partial charge in [0, 0.05) is 35.3 Å². The summed E-state index contributed by atoms with van der Waals surface area (Å²) < 4.78 is 6.17. The molecule has 3 atom stereocenters. The number of ether oxygens (including phenoxy) is 1. The van der Waals surface area contributed by atoms with Gasteiger partial charge in [0.2, 0.25) is 0 Å². The van der Waals surface area contributed by atoms with E-state index in [1.807, 2.05) is 13.8 Å². The summed E-state index contributed by atoms with van der Waals surface area (Å²) >= 11 is 0. The lowest BCUT2D eigenvalue weighted by Crippen LogP contribution is -2.31. The molecule has 3 aliphatic rings. The van der Waals surface area contributed by atoms with Crippen LogP contribution >= 0.6 is 0 Å². The fourth-order valence-corrected chi connectivity index (χ4v) is 6.37. The van der Waals surface area contributed by atoms with E-state index in [1.54, 1.807) is 0 Å². The van der Waals surface area contributed by atoms with Gasteiger partial charge in [-0.15, -0.1) is 0 Å². The molecule has 0 unspecified atom stereocenters. The fourth-order valence-electron chi connectivity index (χ4n) is 6.37. The van der Waals surface area contributed by atoms with Crippen LogP contribution in [0.1, 0.15) is 58.8 Å². The topological polar surface area (TPSA) is 145 Å². The van der Waals surface area contributed by atoms with Crippen LogP contribution in [0.2, 0.25) is 0 Å². The summed E-state index contributed by atoms with van der Waals surface area (Å²) in [5, 5.41) is 54.1. The Labute approximate surface area is 217 Å². The Morgan fingerprint density at radius 1 is 0.763 bits per heavy atom. The Bertz CT molecular complexity index is 1620. The highest BCUT2D eigenvalue weighted by atomic mass is 16.5. The molecule has 1 heterocycles. The monoisotopic (exact) mass is 512 g/mol. The first-order valence-corrected chi connectivity index (χ1v) is 12.2. The number of aliphatic hydroxyl groups excluding tert-OH is 1. The number of phenols is 4. The van der Waals surface area contributed by atoms with Crippen molar-refractivity contribution in [3.8, 4) is 34.5 Å². The second-order valence-corrected chi connectivity index (χ2v) is 10.1. The number of aliphatic hydroxyl groups is 1. The van der Waals surface area contributed by atoms with Gasteiger partial charge in [0.05, 0.1) is 11.1 Å². The number of Topliss-reactive ketones (excluding diaryl/α,β-unsaturated/α-hetero) is 1. The van der Waals surface area contributed by atoms with Crippen LogP contribution < -0.4 is 4.74 Å². The fraction of sp³-hybridized carbons (Fsp3) is 0.200. The van der Waals surface area contributed by atoms with Gasteiger partial charge in [0.15, 0.2) is 11.6 Å². The standard InChI is InChI=1S/C30H24O8/c1-12-9-17(34)25-14(31)7-4-8-21(25)38-22-11-20(37)27-18(35)10-19(36)28-29(23(12)13(2)24(22)30(27)28)26-15(32)5-3-6-16(26)33/h3-8,10-13,23,31-33,35,37H,9H2,1-2H3/t12-,13+,23+/m0/s1. The molecule has 3 aromatic rings. The largest absolute Gasteiger partial charge is 0.507 e. The van der Waals surface area contributed by atoms with E-state index < -0.39 is 29.3 Å². The average Bonchev–Trinajstić information content (AvgIpc) is 2.82. The summed E-state index contributed by atoms with van der Waals surface area (Å²) in [6, 6.07) is 10.0. The van der Waals surface area contributed by atoms with Crippen LogP contribution in [-0.2, 0) is 4.79 Å². The van der Waals surface area contributed by atoms with Gasteiger partial charge in [-0.2, -0.15) is 0 Å². The Balaban J connectivity index is 1.79. The van der Waals surface area contributed by atoms with Gasteiger partial charge in [-0.25, -0.2) is 0 Å². The first-order chi connectivity index (χ1) is 18.1. The van der Waals surface area contributed by atoms with Crippen LogP contribution in [0.3, 0.4) is 0 Å². The van der Waals surface area contributed by atoms with Crippen LogP contribution in [0, 0.1) is 11.8 Å². The van der Waals surface area contributed by atoms with Crippen LogP contribution in [0.15, 0.2) is 48.5 Å². The Kier molecular flexibility index (Phi) is 5.07. The number of phenolic OH excluding ortho intramolecular Hbond substituents is 4. The summed E-state index contributed by atoms with van der Waals surface area (Å²) in [7, 11) is 0. The number of carbonyl (C=O) groups excluding carboxylic acids is 2. The molecular formula is C30H24O8. The van der Waals surface area contributed by atoms with E-state index in [2.05, 4.69) is 0 Å². The molecule has 38 heavy (non-hydrogen) atoms. The molecule has 0 saturated carbocycles. The number of hydrogen-bond donors (Lipinski definition) is 5. The predicted molar refractivity (Wildman–Crippen MR) is 139 cm³/mol. The minimum atomic E-state index is -0.578. The lowest BCUT2D eigenvalue weighted by molar-refractivity contribution is -0.109. The van der Waals surface area contributed by atoms with Crippen LogP contribution in [-0.4, -0.2) is 37.1 Å². The van der Waals surface area contributed by atoms with Crippen molar-refractivity contribution < 1.29 is 39.9 Å². The molecule has 0 aromatic heterocycles. The maximum Gasteiger partial charge on any atom is 0.190 e. The van der Waals surface area contributed by atoms with Crippen molar-refractivity contribution in [2.75, 3.05) is 0 Å². The molecule has 3 aromatic carbocycles. The molecule has 2 bridgehead atoms. The zero-order valence-corrected chi connectivity index (χ0v) is 20.5. The molecule has 192 valence electrons. The van der Waals surface area contributed by atoms with Crippen LogP contribution in [0.25, 0.3) is 16.9 Å². The van der Waals surface area contributed by atoms with E-state index in [0.717, 1.165) is 6.08 Å². The van der Waals surface area contributed by atoms with Crippen molar-refractivity contribution in [2.24, 2.45) is 11.8 Å². The maximum atomic E-state index is 13.6. The van der Waals surface area contributed by atoms with Crippen molar-refractivity contribution >= 4 is 28.5 Å². The van der Waals surface area contributed by atoms with Gasteiger partial charge < -0.3 is 30.3 Å². The normalized spacial score (nSPS) is 21.9. The van der Waals surface area contributed by atoms with E-state index in [4.69, 9.17) is 4.74 Å². The van der Waals surface area contributed by atoms with Crippen LogP contribution in [0.5, 0.6) is 34.5 Å². The quantitative estimate of drug-likeness (QED) is 0.281. The Hall–Kier alpha value is -4.72. The minimum absolute atomic E-state index is 0.00800. The molecule has 0 amide bonds. The highest BCUT2D eigenvalue weighted by Crippen LogP contribution is 2.60. The van der Waals surface area contributed by atoms with E-state index in [0.29, 0.717) is 11.1 Å². The van der Waals surface area contributed by atoms with E-state index in [-0.39, 0.29) is 74.5 Å². The predicted octanol–water partition coefficient (Wildman–Crippen LogP) is 5.65. The molecule has 1 aliphatic heterocycles. The average molecular weight is 513 g/mol. The zero-order valence-electron chi connectivity index (χ0n) is 20.5. The highest BCUT2D eigenvalue weighted by molar-refractivity contribution is 6.37. The second-order valence-electron chi connectivity index (χ2n) is 10.1. The number of allylic oxidation sites excluding steroid dienone is 3. The molecule has 6 rings (SSSR count). The molecule has 5 N–H and O–H groups in total. The maximum absolute atomic E-state index is 13.6. The molecule has 2 aliphatic carbocycles. The van der Waals surface area contributed by atoms with Crippen molar-refractivity contribution in [3.63, 3.8) is 0 Å². The summed E-state index contributed by atoms with van der Waals surface area (Å²) in [6.07, 6.45) is 0.972. The Morgan fingerprint density at radius 3 is 2.08 bits per heavy atom. The number of fused-ring (bicyclic) bond motifs is 2. The van der Waals surface area contributed by atoms with E-state index in [9.17, 15) is 35.1 Å². The third-order valence-electron chi connectivity index (χ3n) is 7.84. The SMILES string of the molecule is C[C@H]1CC(=O)c2c(O)cccc2Oc2cc(O)c3c4c2[C@H](C)[C@@H]1C(c1c(O)cccc1O)=C4C(=O)C=C3O. The number of benzene rings is 3.